The van der Waals surface area contributed by atoms with Crippen molar-refractivity contribution in [2.75, 3.05) is 31.1 Å². The van der Waals surface area contributed by atoms with E-state index >= 15 is 0 Å². The Hall–Kier alpha value is -1.47. The van der Waals surface area contributed by atoms with Crippen LogP contribution in [0.5, 0.6) is 0 Å². The maximum Gasteiger partial charge on any atom is 0.183 e. The second-order valence-electron chi connectivity index (χ2n) is 4.02. The van der Waals surface area contributed by atoms with E-state index < -0.39 is 11.6 Å². The van der Waals surface area contributed by atoms with Gasteiger partial charge in [0.15, 0.2) is 5.11 Å². The van der Waals surface area contributed by atoms with Gasteiger partial charge in [0.05, 0.1) is 5.69 Å². The lowest BCUT2D eigenvalue weighted by Crippen LogP contribution is -2.53. The predicted molar refractivity (Wildman–Crippen MR) is 70.1 cm³/mol. The van der Waals surface area contributed by atoms with Gasteiger partial charge in [-0.05, 0) is 24.4 Å². The number of hydrogen-bond donors (Lipinski definition) is 2. The summed E-state index contributed by atoms with van der Waals surface area (Å²) in [6, 6.07) is 3.62. The molecule has 0 amide bonds. The number of rotatable bonds is 1. The Morgan fingerprint density at radius 1 is 1.22 bits per heavy atom. The average Bonchev–Trinajstić information content (AvgIpc) is 2.38. The number of nitrogens with one attached hydrogen (secondary N) is 1. The molecule has 0 atom stereocenters. The number of anilines is 1. The molecule has 0 spiro atoms. The van der Waals surface area contributed by atoms with E-state index in [1.807, 2.05) is 9.80 Å². The van der Waals surface area contributed by atoms with Gasteiger partial charge in [0, 0.05) is 32.2 Å². The van der Waals surface area contributed by atoms with Crippen molar-refractivity contribution < 1.29 is 8.78 Å². The topological polar surface area (TPSA) is 44.5 Å². The van der Waals surface area contributed by atoms with Crippen molar-refractivity contribution in [2.45, 2.75) is 0 Å². The molecule has 0 aliphatic carbocycles. The van der Waals surface area contributed by atoms with Gasteiger partial charge in [0.25, 0.3) is 0 Å². The molecule has 1 aromatic rings. The number of piperazine rings is 1. The third-order valence-electron chi connectivity index (χ3n) is 2.94. The van der Waals surface area contributed by atoms with Crippen LogP contribution in [0.25, 0.3) is 0 Å². The maximum atomic E-state index is 13.6. The van der Waals surface area contributed by atoms with Gasteiger partial charge in [-0.3, -0.25) is 0 Å². The summed E-state index contributed by atoms with van der Waals surface area (Å²) in [5, 5.41) is 0.481. The largest absolute Gasteiger partial charge is 0.366 e. The lowest BCUT2D eigenvalue weighted by atomic mass is 10.2. The molecule has 0 saturated carbocycles. The van der Waals surface area contributed by atoms with E-state index in [1.54, 1.807) is 0 Å². The number of thiocarbonyl (C=S) groups is 1. The molecule has 98 valence electrons. The fourth-order valence-electron chi connectivity index (χ4n) is 1.98. The van der Waals surface area contributed by atoms with E-state index in [4.69, 9.17) is 18.1 Å². The molecule has 0 aromatic heterocycles. The van der Waals surface area contributed by atoms with Crippen LogP contribution < -0.4 is 16.2 Å². The molecule has 2 rings (SSSR count). The van der Waals surface area contributed by atoms with Gasteiger partial charge >= 0.3 is 0 Å². The molecule has 4 nitrogen and oxygen atoms in total. The molecule has 7 heteroatoms. The van der Waals surface area contributed by atoms with Crippen molar-refractivity contribution >= 4 is 23.0 Å². The van der Waals surface area contributed by atoms with Gasteiger partial charge in [-0.15, -0.1) is 0 Å². The Morgan fingerprint density at radius 3 is 2.44 bits per heavy atom. The van der Waals surface area contributed by atoms with Crippen LogP contribution in [0.3, 0.4) is 0 Å². The molecular formula is C11H14F2N4S. The normalized spacial score (nSPS) is 15.7. The molecule has 0 radical (unpaired) electrons. The third-order valence-corrected chi connectivity index (χ3v) is 3.32. The van der Waals surface area contributed by atoms with E-state index in [1.165, 1.54) is 12.1 Å². The molecule has 1 heterocycles. The number of hydrazine groups is 1. The summed E-state index contributed by atoms with van der Waals surface area (Å²) in [6.07, 6.45) is 0. The first-order valence-corrected chi connectivity index (χ1v) is 5.98. The molecule has 1 aliphatic heterocycles. The third kappa shape index (κ3) is 2.68. The van der Waals surface area contributed by atoms with Crippen molar-refractivity contribution in [1.29, 1.82) is 0 Å². The van der Waals surface area contributed by atoms with E-state index in [9.17, 15) is 8.78 Å². The molecule has 0 unspecified atom stereocenters. The SMILES string of the molecule is NNC(=S)N1CCN(c2ccc(F)cc2F)CC1. The van der Waals surface area contributed by atoms with E-state index in [0.717, 1.165) is 6.07 Å². The second kappa shape index (κ2) is 5.45. The number of hydrogen-bond acceptors (Lipinski definition) is 3. The summed E-state index contributed by atoms with van der Waals surface area (Å²) in [7, 11) is 0. The first-order valence-electron chi connectivity index (χ1n) is 5.57. The van der Waals surface area contributed by atoms with E-state index in [0.29, 0.717) is 37.0 Å². The van der Waals surface area contributed by atoms with Crippen molar-refractivity contribution in [2.24, 2.45) is 5.84 Å². The zero-order valence-electron chi connectivity index (χ0n) is 9.70. The first-order chi connectivity index (χ1) is 8.61. The summed E-state index contributed by atoms with van der Waals surface area (Å²) in [6.45, 7) is 2.54. The molecule has 1 aromatic carbocycles. The van der Waals surface area contributed by atoms with Crippen molar-refractivity contribution in [3.8, 4) is 0 Å². The van der Waals surface area contributed by atoms with Crippen molar-refractivity contribution in [3.05, 3.63) is 29.8 Å². The van der Waals surface area contributed by atoms with Gasteiger partial charge in [0.1, 0.15) is 11.6 Å². The van der Waals surface area contributed by atoms with Crippen molar-refractivity contribution in [1.82, 2.24) is 10.3 Å². The zero-order valence-corrected chi connectivity index (χ0v) is 10.5. The number of benzene rings is 1. The first kappa shape index (κ1) is 13.0. The van der Waals surface area contributed by atoms with Crippen molar-refractivity contribution in [3.63, 3.8) is 0 Å². The highest BCUT2D eigenvalue weighted by molar-refractivity contribution is 7.80. The highest BCUT2D eigenvalue weighted by atomic mass is 32.1. The molecule has 3 N–H and O–H groups in total. The maximum absolute atomic E-state index is 13.6. The lowest BCUT2D eigenvalue weighted by molar-refractivity contribution is 0.379. The predicted octanol–water partition coefficient (Wildman–Crippen LogP) is 0.835. The molecule has 18 heavy (non-hydrogen) atoms. The lowest BCUT2D eigenvalue weighted by Gasteiger charge is -2.37. The summed E-state index contributed by atoms with van der Waals surface area (Å²) in [4.78, 5) is 3.78. The quantitative estimate of drug-likeness (QED) is 0.450. The van der Waals surface area contributed by atoms with Crippen LogP contribution >= 0.6 is 12.2 Å². The van der Waals surface area contributed by atoms with E-state index in [2.05, 4.69) is 5.43 Å². The monoisotopic (exact) mass is 272 g/mol. The molecule has 1 saturated heterocycles. The van der Waals surface area contributed by atoms with Crippen LogP contribution in [0.1, 0.15) is 0 Å². The number of nitrogens with two attached hydrogens (primary N) is 1. The van der Waals surface area contributed by atoms with Crippen LogP contribution in [0.2, 0.25) is 0 Å². The van der Waals surface area contributed by atoms with Crippen LogP contribution in [0.4, 0.5) is 14.5 Å². The number of nitrogens with zero attached hydrogens (tertiary/aromatic N) is 2. The number of halogens is 2. The Labute approximate surface area is 109 Å². The van der Waals surface area contributed by atoms with Gasteiger partial charge in [-0.2, -0.15) is 0 Å². The second-order valence-corrected chi connectivity index (χ2v) is 4.41. The Balaban J connectivity index is 2.03. The Morgan fingerprint density at radius 2 is 1.89 bits per heavy atom. The minimum atomic E-state index is -0.566. The molecular weight excluding hydrogens is 258 g/mol. The van der Waals surface area contributed by atoms with Gasteiger partial charge < -0.3 is 15.2 Å². The molecule has 1 aliphatic rings. The Bertz CT molecular complexity index is 447. The molecule has 1 fully saturated rings. The minimum Gasteiger partial charge on any atom is -0.366 e. The standard InChI is InChI=1S/C11H14F2N4S/c12-8-1-2-10(9(13)7-8)16-3-5-17(6-4-16)11(18)15-14/h1-2,7H,3-6,14H2,(H,15,18). The minimum absolute atomic E-state index is 0.419. The van der Waals surface area contributed by atoms with E-state index in [-0.39, 0.29) is 0 Å². The Kier molecular flexibility index (Phi) is 3.93. The van der Waals surface area contributed by atoms with Crippen LogP contribution in [-0.4, -0.2) is 36.2 Å². The van der Waals surface area contributed by atoms with Gasteiger partial charge in [0.2, 0.25) is 0 Å². The highest BCUT2D eigenvalue weighted by Crippen LogP contribution is 2.21. The van der Waals surface area contributed by atoms with Crippen LogP contribution in [-0.2, 0) is 0 Å². The fourth-order valence-corrected chi connectivity index (χ4v) is 2.16. The summed E-state index contributed by atoms with van der Waals surface area (Å²) in [5.74, 6) is 4.14. The smallest absolute Gasteiger partial charge is 0.183 e. The van der Waals surface area contributed by atoms with Crippen LogP contribution in [0.15, 0.2) is 18.2 Å². The average molecular weight is 272 g/mol. The summed E-state index contributed by atoms with van der Waals surface area (Å²) < 4.78 is 26.4. The zero-order chi connectivity index (χ0) is 13.1. The highest BCUT2D eigenvalue weighted by Gasteiger charge is 2.20. The summed E-state index contributed by atoms with van der Waals surface area (Å²) >= 11 is 5.02. The fraction of sp³-hybridized carbons (Fsp3) is 0.364. The summed E-state index contributed by atoms with van der Waals surface area (Å²) in [5.41, 5.74) is 2.84. The van der Waals surface area contributed by atoms with Crippen LogP contribution in [0, 0.1) is 11.6 Å². The molecule has 0 bridgehead atoms. The van der Waals surface area contributed by atoms with Gasteiger partial charge in [-0.25, -0.2) is 14.6 Å². The van der Waals surface area contributed by atoms with Gasteiger partial charge in [-0.1, -0.05) is 0 Å².